The maximum atomic E-state index is 5.72. The van der Waals surface area contributed by atoms with Crippen LogP contribution in [0.3, 0.4) is 0 Å². The fraction of sp³-hybridized carbons (Fsp3) is 0.900. The molecule has 0 radical (unpaired) electrons. The second kappa shape index (κ2) is 12.0. The lowest BCUT2D eigenvalue weighted by molar-refractivity contribution is -0.374. The molecule has 0 bridgehead atoms. The van der Waals surface area contributed by atoms with Crippen LogP contribution in [0.5, 0.6) is 0 Å². The molecule has 0 heterocycles. The van der Waals surface area contributed by atoms with Crippen LogP contribution in [0.2, 0.25) is 0 Å². The van der Waals surface area contributed by atoms with Crippen LogP contribution in [0.4, 0.5) is 0 Å². The van der Waals surface area contributed by atoms with Gasteiger partial charge in [0.05, 0.1) is 5.92 Å². The average Bonchev–Trinajstić information content (AvgIpc) is 2.55. The summed E-state index contributed by atoms with van der Waals surface area (Å²) in [4.78, 5) is 0. The number of unbranched alkanes of at least 4 members (excludes halogenated alkanes) is 4. The molecule has 1 aliphatic rings. The molecule has 1 aliphatic carbocycles. The Morgan fingerprint density at radius 3 is 2.22 bits per heavy atom. The Kier molecular flexibility index (Phi) is 10.8. The van der Waals surface area contributed by atoms with Gasteiger partial charge in [-0.1, -0.05) is 63.5 Å². The zero-order valence-electron chi connectivity index (χ0n) is 15.9. The van der Waals surface area contributed by atoms with Crippen molar-refractivity contribution in [1.82, 2.24) is 0 Å². The first-order chi connectivity index (χ1) is 11.2. The number of hydrogen-bond acceptors (Lipinski definition) is 3. The lowest BCUT2D eigenvalue weighted by Gasteiger charge is -2.38. The summed E-state index contributed by atoms with van der Waals surface area (Å²) < 4.78 is 17.1. The van der Waals surface area contributed by atoms with Gasteiger partial charge in [-0.2, -0.15) is 0 Å². The molecule has 0 saturated carbocycles. The number of methoxy groups -OCH3 is 3. The minimum Gasteiger partial charge on any atom is -0.330 e. The van der Waals surface area contributed by atoms with Crippen molar-refractivity contribution in [2.24, 2.45) is 5.92 Å². The van der Waals surface area contributed by atoms with Gasteiger partial charge in [0.15, 0.2) is 0 Å². The van der Waals surface area contributed by atoms with E-state index in [0.717, 1.165) is 12.8 Å². The van der Waals surface area contributed by atoms with Crippen molar-refractivity contribution in [2.45, 2.75) is 89.9 Å². The smallest absolute Gasteiger partial charge is 0.289 e. The van der Waals surface area contributed by atoms with E-state index < -0.39 is 5.97 Å². The zero-order valence-corrected chi connectivity index (χ0v) is 15.9. The highest BCUT2D eigenvalue weighted by atomic mass is 16.9. The van der Waals surface area contributed by atoms with E-state index in [2.05, 4.69) is 13.0 Å². The molecule has 0 amide bonds. The molecule has 0 N–H and O–H groups in total. The van der Waals surface area contributed by atoms with Gasteiger partial charge in [-0.3, -0.25) is 0 Å². The van der Waals surface area contributed by atoms with Crippen LogP contribution in [0.1, 0.15) is 84.0 Å². The van der Waals surface area contributed by atoms with Crippen LogP contribution < -0.4 is 0 Å². The van der Waals surface area contributed by atoms with Crippen LogP contribution in [0.15, 0.2) is 11.6 Å². The molecule has 136 valence electrons. The highest BCUT2D eigenvalue weighted by Gasteiger charge is 2.41. The molecule has 0 aromatic carbocycles. The molecule has 1 unspecified atom stereocenters. The third-order valence-electron chi connectivity index (χ3n) is 5.15. The van der Waals surface area contributed by atoms with Crippen molar-refractivity contribution in [3.8, 4) is 0 Å². The van der Waals surface area contributed by atoms with E-state index in [9.17, 15) is 0 Å². The van der Waals surface area contributed by atoms with E-state index in [-0.39, 0.29) is 5.92 Å². The highest BCUT2D eigenvalue weighted by molar-refractivity contribution is 5.10. The van der Waals surface area contributed by atoms with Gasteiger partial charge in [0.25, 0.3) is 5.97 Å². The van der Waals surface area contributed by atoms with Gasteiger partial charge in [0, 0.05) is 21.3 Å². The summed E-state index contributed by atoms with van der Waals surface area (Å²) in [6, 6.07) is 0. The minimum atomic E-state index is -0.935. The Morgan fingerprint density at radius 2 is 1.57 bits per heavy atom. The SMILES string of the molecule is CCCCCCCC(C1=CCCCCCC1)C(OC)(OC)OC. The van der Waals surface area contributed by atoms with Crippen LogP contribution >= 0.6 is 0 Å². The van der Waals surface area contributed by atoms with Crippen LogP contribution in [-0.2, 0) is 14.2 Å². The summed E-state index contributed by atoms with van der Waals surface area (Å²) in [6.45, 7) is 2.26. The second-order valence-electron chi connectivity index (χ2n) is 6.70. The topological polar surface area (TPSA) is 27.7 Å². The first-order valence-electron chi connectivity index (χ1n) is 9.58. The van der Waals surface area contributed by atoms with E-state index in [0.29, 0.717) is 0 Å². The van der Waals surface area contributed by atoms with E-state index in [4.69, 9.17) is 14.2 Å². The average molecular weight is 327 g/mol. The summed E-state index contributed by atoms with van der Waals surface area (Å²) in [7, 11) is 5.09. The minimum absolute atomic E-state index is 0.197. The number of hydrogen-bond donors (Lipinski definition) is 0. The molecular weight excluding hydrogens is 288 g/mol. The quantitative estimate of drug-likeness (QED) is 0.271. The normalized spacial score (nSPS) is 18.2. The molecule has 0 spiro atoms. The van der Waals surface area contributed by atoms with Gasteiger partial charge in [-0.25, -0.2) is 0 Å². The first-order valence-corrected chi connectivity index (χ1v) is 9.58. The fourth-order valence-electron chi connectivity index (χ4n) is 3.75. The maximum absolute atomic E-state index is 5.72. The summed E-state index contributed by atoms with van der Waals surface area (Å²) in [5.41, 5.74) is 1.48. The van der Waals surface area contributed by atoms with Crippen molar-refractivity contribution in [3.63, 3.8) is 0 Å². The van der Waals surface area contributed by atoms with Crippen molar-refractivity contribution >= 4 is 0 Å². The molecule has 3 heteroatoms. The third kappa shape index (κ3) is 6.56. The molecule has 0 fully saturated rings. The van der Waals surface area contributed by atoms with E-state index in [1.165, 1.54) is 69.8 Å². The standard InChI is InChI=1S/C20H38O3/c1-5-6-7-9-14-17-19(20(21-2,22-3)23-4)18-15-12-10-8-11-13-16-18/h15,19H,5-14,16-17H2,1-4H3. The third-order valence-corrected chi connectivity index (χ3v) is 5.15. The molecule has 0 saturated heterocycles. The first kappa shape index (κ1) is 20.7. The molecule has 1 rings (SSSR count). The van der Waals surface area contributed by atoms with Gasteiger partial charge in [0.2, 0.25) is 0 Å². The predicted molar refractivity (Wildman–Crippen MR) is 96.4 cm³/mol. The lowest BCUT2D eigenvalue weighted by atomic mass is 9.85. The Balaban J connectivity index is 2.81. The number of rotatable bonds is 11. The van der Waals surface area contributed by atoms with Gasteiger partial charge in [-0.05, 0) is 32.1 Å². The zero-order chi connectivity index (χ0) is 17.0. The summed E-state index contributed by atoms with van der Waals surface area (Å²) in [5, 5.41) is 0. The van der Waals surface area contributed by atoms with Gasteiger partial charge in [0.1, 0.15) is 0 Å². The summed E-state index contributed by atoms with van der Waals surface area (Å²) in [6.07, 6.45) is 17.5. The van der Waals surface area contributed by atoms with Gasteiger partial charge >= 0.3 is 0 Å². The molecule has 0 aromatic heterocycles. The maximum Gasteiger partial charge on any atom is 0.289 e. The van der Waals surface area contributed by atoms with Crippen molar-refractivity contribution in [2.75, 3.05) is 21.3 Å². The van der Waals surface area contributed by atoms with Crippen molar-refractivity contribution < 1.29 is 14.2 Å². The molecular formula is C20H38O3. The predicted octanol–water partition coefficient (Wildman–Crippen LogP) is 5.84. The Labute approximate surface area is 143 Å². The Bertz CT molecular complexity index is 313. The highest BCUT2D eigenvalue weighted by Crippen LogP contribution is 2.37. The van der Waals surface area contributed by atoms with Crippen LogP contribution in [0, 0.1) is 5.92 Å². The van der Waals surface area contributed by atoms with Gasteiger partial charge in [-0.15, -0.1) is 0 Å². The molecule has 0 aromatic rings. The largest absolute Gasteiger partial charge is 0.330 e. The molecule has 0 aliphatic heterocycles. The van der Waals surface area contributed by atoms with Crippen LogP contribution in [0.25, 0.3) is 0 Å². The Morgan fingerprint density at radius 1 is 0.913 bits per heavy atom. The van der Waals surface area contributed by atoms with E-state index >= 15 is 0 Å². The fourth-order valence-corrected chi connectivity index (χ4v) is 3.75. The van der Waals surface area contributed by atoms with Crippen molar-refractivity contribution in [1.29, 1.82) is 0 Å². The lowest BCUT2D eigenvalue weighted by Crippen LogP contribution is -2.45. The van der Waals surface area contributed by atoms with E-state index in [1.807, 2.05) is 0 Å². The van der Waals surface area contributed by atoms with E-state index in [1.54, 1.807) is 21.3 Å². The van der Waals surface area contributed by atoms with Crippen LogP contribution in [-0.4, -0.2) is 27.3 Å². The number of ether oxygens (including phenoxy) is 3. The monoisotopic (exact) mass is 326 g/mol. The second-order valence-corrected chi connectivity index (χ2v) is 6.70. The molecule has 1 atom stereocenters. The van der Waals surface area contributed by atoms with Crippen molar-refractivity contribution in [3.05, 3.63) is 11.6 Å². The molecule has 23 heavy (non-hydrogen) atoms. The Hall–Kier alpha value is -0.380. The summed E-state index contributed by atoms with van der Waals surface area (Å²) >= 11 is 0. The summed E-state index contributed by atoms with van der Waals surface area (Å²) in [5.74, 6) is -0.738. The van der Waals surface area contributed by atoms with Gasteiger partial charge < -0.3 is 14.2 Å². The molecule has 3 nitrogen and oxygen atoms in total. The number of allylic oxidation sites excluding steroid dienone is 1.